The number of rotatable bonds is 4. The first-order valence-electron chi connectivity index (χ1n) is 19.4. The summed E-state index contributed by atoms with van der Waals surface area (Å²) in [5.41, 5.74) is 12.6. The number of hydrogen-bond acceptors (Lipinski definition) is 3. The zero-order valence-corrected chi connectivity index (χ0v) is 29.5. The molecule has 4 nitrogen and oxygen atoms in total. The standard InChI is InChI=1S/C49H38N4/c1-3-13-32(14-4-1)46-50-47(33-15-5-2-6-16-33)52-48(51-46)39-19-9-12-22-43(39)53-42-21-11-8-17-36(42)37-23-24-41-44(45(37)53)38-18-7-10-20-40(38)49(41)34-26-30-25-31(28-34)29-35(49)27-30/h1-24,30-31,34-35H,25-29H2. The Labute approximate surface area is 309 Å². The lowest BCUT2D eigenvalue weighted by Gasteiger charge is -2.61. The van der Waals surface area contributed by atoms with E-state index in [1.807, 2.05) is 36.4 Å². The van der Waals surface area contributed by atoms with Crippen LogP contribution in [0.3, 0.4) is 0 Å². The fourth-order valence-electron chi connectivity index (χ4n) is 11.7. The van der Waals surface area contributed by atoms with Gasteiger partial charge in [0.2, 0.25) is 0 Å². The Morgan fingerprint density at radius 3 is 1.72 bits per heavy atom. The van der Waals surface area contributed by atoms with Crippen LogP contribution in [0.15, 0.2) is 146 Å². The zero-order chi connectivity index (χ0) is 34.7. The second-order valence-electron chi connectivity index (χ2n) is 16.0. The van der Waals surface area contributed by atoms with Crippen LogP contribution in [0.25, 0.3) is 72.8 Å². The van der Waals surface area contributed by atoms with E-state index in [0.717, 1.165) is 34.2 Å². The lowest BCUT2D eigenvalue weighted by atomic mass is 9.43. The van der Waals surface area contributed by atoms with E-state index in [2.05, 4.69) is 114 Å². The Morgan fingerprint density at radius 1 is 0.453 bits per heavy atom. The van der Waals surface area contributed by atoms with Gasteiger partial charge in [0, 0.05) is 38.4 Å². The molecule has 6 aromatic carbocycles. The highest BCUT2D eigenvalue weighted by Gasteiger charge is 2.61. The fourth-order valence-corrected chi connectivity index (χ4v) is 11.7. The molecule has 0 amide bonds. The topological polar surface area (TPSA) is 43.6 Å². The average Bonchev–Trinajstić information content (AvgIpc) is 3.71. The lowest BCUT2D eigenvalue weighted by Crippen LogP contribution is -2.55. The minimum Gasteiger partial charge on any atom is -0.308 e. The van der Waals surface area contributed by atoms with Crippen LogP contribution in [0.4, 0.5) is 0 Å². The number of fused-ring (bicyclic) bond motifs is 7. The normalized spacial score (nSPS) is 23.5. The van der Waals surface area contributed by atoms with Crippen LogP contribution in [0.5, 0.6) is 0 Å². The Bertz CT molecular complexity index is 2660. The van der Waals surface area contributed by atoms with Crippen molar-refractivity contribution in [2.24, 2.45) is 23.7 Å². The van der Waals surface area contributed by atoms with Crippen LogP contribution in [0.1, 0.15) is 43.2 Å². The van der Waals surface area contributed by atoms with Crippen LogP contribution >= 0.6 is 0 Å². The maximum Gasteiger partial charge on any atom is 0.166 e. The van der Waals surface area contributed by atoms with E-state index in [0.29, 0.717) is 29.3 Å². The van der Waals surface area contributed by atoms with Gasteiger partial charge in [-0.25, -0.2) is 15.0 Å². The molecule has 254 valence electrons. The van der Waals surface area contributed by atoms with Crippen molar-refractivity contribution in [2.45, 2.75) is 37.5 Å². The summed E-state index contributed by atoms with van der Waals surface area (Å²) in [6.07, 6.45) is 6.95. The van der Waals surface area contributed by atoms with Gasteiger partial charge in [0.05, 0.1) is 16.7 Å². The van der Waals surface area contributed by atoms with Gasteiger partial charge in [-0.05, 0) is 90.7 Å². The smallest absolute Gasteiger partial charge is 0.166 e. The first-order chi connectivity index (χ1) is 26.3. The second-order valence-corrected chi connectivity index (χ2v) is 16.0. The molecule has 0 N–H and O–H groups in total. The van der Waals surface area contributed by atoms with E-state index in [-0.39, 0.29) is 5.41 Å². The molecule has 2 aromatic heterocycles. The molecule has 5 aliphatic rings. The van der Waals surface area contributed by atoms with Gasteiger partial charge in [0.15, 0.2) is 17.5 Å². The molecule has 0 radical (unpaired) electrons. The van der Waals surface area contributed by atoms with E-state index >= 15 is 0 Å². The third-order valence-corrected chi connectivity index (χ3v) is 13.4. The Morgan fingerprint density at radius 2 is 1.02 bits per heavy atom. The monoisotopic (exact) mass is 682 g/mol. The van der Waals surface area contributed by atoms with Gasteiger partial charge in [-0.1, -0.05) is 127 Å². The molecule has 1 spiro atoms. The Hall–Kier alpha value is -5.87. The Balaban J connectivity index is 1.16. The van der Waals surface area contributed by atoms with Crippen LogP contribution in [0.2, 0.25) is 0 Å². The third-order valence-electron chi connectivity index (χ3n) is 13.4. The van der Waals surface area contributed by atoms with Crippen molar-refractivity contribution in [2.75, 3.05) is 0 Å². The molecular weight excluding hydrogens is 645 g/mol. The van der Waals surface area contributed by atoms with Crippen LogP contribution in [-0.4, -0.2) is 19.5 Å². The van der Waals surface area contributed by atoms with Gasteiger partial charge in [0.1, 0.15) is 0 Å². The molecule has 4 fully saturated rings. The second kappa shape index (κ2) is 11.1. The summed E-state index contributed by atoms with van der Waals surface area (Å²) >= 11 is 0. The van der Waals surface area contributed by atoms with Gasteiger partial charge < -0.3 is 4.57 Å². The van der Waals surface area contributed by atoms with Crippen LogP contribution in [-0.2, 0) is 5.41 Å². The summed E-state index contributed by atoms with van der Waals surface area (Å²) in [4.78, 5) is 15.5. The Kier molecular flexibility index (Phi) is 6.20. The number of nitrogens with zero attached hydrogens (tertiary/aromatic N) is 4. The summed E-state index contributed by atoms with van der Waals surface area (Å²) < 4.78 is 2.54. The molecule has 5 aliphatic carbocycles. The average molecular weight is 683 g/mol. The van der Waals surface area contributed by atoms with Crippen molar-refractivity contribution in [3.8, 4) is 51.0 Å². The fraction of sp³-hybridized carbons (Fsp3) is 0.204. The highest BCUT2D eigenvalue weighted by Crippen LogP contribution is 2.70. The summed E-state index contributed by atoms with van der Waals surface area (Å²) in [5.74, 6) is 5.25. The SMILES string of the molecule is c1ccc(-c2nc(-c3ccccc3)nc(-c3ccccc3-n3c4ccccc4c4ccc5c(c43)-c3ccccc3C53C4CC5CC(C4)CC3C5)n2)cc1. The van der Waals surface area contributed by atoms with Gasteiger partial charge in [-0.2, -0.15) is 0 Å². The van der Waals surface area contributed by atoms with E-state index in [1.54, 1.807) is 11.1 Å². The highest BCUT2D eigenvalue weighted by atomic mass is 15.1. The predicted molar refractivity (Wildman–Crippen MR) is 214 cm³/mol. The molecule has 4 saturated carbocycles. The first-order valence-corrected chi connectivity index (χ1v) is 19.4. The number of hydrogen-bond donors (Lipinski definition) is 0. The van der Waals surface area contributed by atoms with E-state index in [1.165, 1.54) is 65.0 Å². The molecule has 4 bridgehead atoms. The first kappa shape index (κ1) is 29.7. The molecule has 2 heterocycles. The molecule has 4 heteroatoms. The predicted octanol–water partition coefficient (Wildman–Crippen LogP) is 11.7. The maximum absolute atomic E-state index is 5.22. The van der Waals surface area contributed by atoms with Crippen molar-refractivity contribution in [1.82, 2.24) is 19.5 Å². The minimum atomic E-state index is 0.0950. The minimum absolute atomic E-state index is 0.0950. The summed E-state index contributed by atoms with van der Waals surface area (Å²) in [6.45, 7) is 0. The zero-order valence-electron chi connectivity index (χ0n) is 29.5. The molecule has 0 unspecified atom stereocenters. The quantitative estimate of drug-likeness (QED) is 0.186. The number of para-hydroxylation sites is 2. The molecule has 53 heavy (non-hydrogen) atoms. The van der Waals surface area contributed by atoms with Gasteiger partial charge in [-0.15, -0.1) is 0 Å². The van der Waals surface area contributed by atoms with Crippen molar-refractivity contribution < 1.29 is 0 Å². The van der Waals surface area contributed by atoms with Gasteiger partial charge >= 0.3 is 0 Å². The number of aromatic nitrogens is 4. The molecule has 0 aliphatic heterocycles. The molecule has 13 rings (SSSR count). The lowest BCUT2D eigenvalue weighted by molar-refractivity contribution is -0.0399. The highest BCUT2D eigenvalue weighted by molar-refractivity contribution is 6.16. The van der Waals surface area contributed by atoms with Crippen molar-refractivity contribution >= 4 is 21.8 Å². The van der Waals surface area contributed by atoms with Crippen LogP contribution in [0, 0.1) is 23.7 Å². The number of benzene rings is 6. The van der Waals surface area contributed by atoms with E-state index < -0.39 is 0 Å². The largest absolute Gasteiger partial charge is 0.308 e. The van der Waals surface area contributed by atoms with Crippen molar-refractivity contribution in [3.05, 3.63) is 157 Å². The third kappa shape index (κ3) is 4.09. The van der Waals surface area contributed by atoms with Crippen LogP contribution < -0.4 is 0 Å². The van der Waals surface area contributed by atoms with Gasteiger partial charge in [-0.3, -0.25) is 0 Å². The van der Waals surface area contributed by atoms with Crippen molar-refractivity contribution in [3.63, 3.8) is 0 Å². The summed E-state index contributed by atoms with van der Waals surface area (Å²) in [7, 11) is 0. The van der Waals surface area contributed by atoms with Crippen molar-refractivity contribution in [1.29, 1.82) is 0 Å². The summed E-state index contributed by atoms with van der Waals surface area (Å²) in [5, 5.41) is 2.57. The molecule has 0 saturated heterocycles. The van der Waals surface area contributed by atoms with Gasteiger partial charge in [0.25, 0.3) is 0 Å². The van der Waals surface area contributed by atoms with E-state index in [4.69, 9.17) is 15.0 Å². The molecule has 0 atom stereocenters. The molecule has 8 aromatic rings. The molecular formula is C49H38N4. The van der Waals surface area contributed by atoms with E-state index in [9.17, 15) is 0 Å². The maximum atomic E-state index is 5.22. The summed E-state index contributed by atoms with van der Waals surface area (Å²) in [6, 6.07) is 52.7.